The monoisotopic (exact) mass is 261 g/mol. The van der Waals surface area contributed by atoms with Gasteiger partial charge in [-0.1, -0.05) is 0 Å². The lowest BCUT2D eigenvalue weighted by Crippen LogP contribution is -2.29. The van der Waals surface area contributed by atoms with Crippen LogP contribution in [0.4, 0.5) is 0 Å². The van der Waals surface area contributed by atoms with E-state index in [4.69, 9.17) is 4.42 Å². The van der Waals surface area contributed by atoms with Crippen molar-refractivity contribution in [3.63, 3.8) is 0 Å². The van der Waals surface area contributed by atoms with E-state index in [1.807, 2.05) is 0 Å². The number of furan rings is 1. The van der Waals surface area contributed by atoms with Crippen molar-refractivity contribution in [2.75, 3.05) is 13.7 Å². The highest BCUT2D eigenvalue weighted by Crippen LogP contribution is 2.13. The molecule has 1 N–H and O–H groups in total. The van der Waals surface area contributed by atoms with E-state index in [2.05, 4.69) is 26.0 Å². The van der Waals surface area contributed by atoms with Crippen LogP contribution in [0.3, 0.4) is 0 Å². The van der Waals surface area contributed by atoms with Crippen molar-refractivity contribution in [3.05, 3.63) is 22.6 Å². The summed E-state index contributed by atoms with van der Waals surface area (Å²) in [6.07, 6.45) is 1.29. The summed E-state index contributed by atoms with van der Waals surface area (Å²) in [4.78, 5) is 22.0. The van der Waals surface area contributed by atoms with Gasteiger partial charge in [0, 0.05) is 6.07 Å². The number of carbonyl (C=O) groups excluding carboxylic acids is 2. The van der Waals surface area contributed by atoms with Crippen molar-refractivity contribution in [2.24, 2.45) is 0 Å². The van der Waals surface area contributed by atoms with Crippen molar-refractivity contribution in [1.82, 2.24) is 5.32 Å². The standard InChI is InChI=1S/C8H8BrNO4/c1-13-7(11)3-10-8(12)5-2-6(9)14-4-5/h2,4H,3H2,1H3,(H,10,12). The molecule has 1 aromatic rings. The number of hydrogen-bond acceptors (Lipinski definition) is 4. The molecule has 0 unspecified atom stereocenters. The highest BCUT2D eigenvalue weighted by molar-refractivity contribution is 9.10. The quantitative estimate of drug-likeness (QED) is 0.823. The van der Waals surface area contributed by atoms with Crippen molar-refractivity contribution < 1.29 is 18.7 Å². The first-order valence-electron chi connectivity index (χ1n) is 3.72. The van der Waals surface area contributed by atoms with Crippen LogP contribution < -0.4 is 5.32 Å². The molecule has 5 nitrogen and oxygen atoms in total. The Labute approximate surface area is 88.5 Å². The van der Waals surface area contributed by atoms with E-state index in [0.29, 0.717) is 10.2 Å². The van der Waals surface area contributed by atoms with Crippen molar-refractivity contribution in [2.45, 2.75) is 0 Å². The molecule has 1 amide bonds. The zero-order valence-corrected chi connectivity index (χ0v) is 8.96. The fourth-order valence-electron chi connectivity index (χ4n) is 0.756. The van der Waals surface area contributed by atoms with E-state index < -0.39 is 5.97 Å². The van der Waals surface area contributed by atoms with Crippen LogP contribution >= 0.6 is 15.9 Å². The SMILES string of the molecule is COC(=O)CNC(=O)c1coc(Br)c1. The van der Waals surface area contributed by atoms with Gasteiger partial charge in [0.2, 0.25) is 0 Å². The average molecular weight is 262 g/mol. The summed E-state index contributed by atoms with van der Waals surface area (Å²) in [5.74, 6) is -0.884. The van der Waals surface area contributed by atoms with Crippen molar-refractivity contribution in [3.8, 4) is 0 Å². The van der Waals surface area contributed by atoms with E-state index in [1.54, 1.807) is 0 Å². The Kier molecular flexibility index (Phi) is 3.70. The maximum atomic E-state index is 11.3. The van der Waals surface area contributed by atoms with E-state index >= 15 is 0 Å². The summed E-state index contributed by atoms with van der Waals surface area (Å²) in [5.41, 5.74) is 0.348. The summed E-state index contributed by atoms with van der Waals surface area (Å²) in [6, 6.07) is 1.51. The molecule has 0 aliphatic heterocycles. The number of amides is 1. The largest absolute Gasteiger partial charge is 0.468 e. The number of esters is 1. The normalized spacial score (nSPS) is 9.57. The summed E-state index contributed by atoms with van der Waals surface area (Å²) < 4.78 is 9.67. The van der Waals surface area contributed by atoms with E-state index in [-0.39, 0.29) is 12.5 Å². The van der Waals surface area contributed by atoms with Gasteiger partial charge in [0.1, 0.15) is 12.8 Å². The Bertz CT molecular complexity index is 347. The molecule has 14 heavy (non-hydrogen) atoms. The molecule has 6 heteroatoms. The molecule has 76 valence electrons. The second kappa shape index (κ2) is 4.80. The lowest BCUT2D eigenvalue weighted by molar-refractivity contribution is -0.139. The second-order valence-electron chi connectivity index (χ2n) is 2.40. The summed E-state index contributed by atoms with van der Waals surface area (Å²) in [6.45, 7) is -0.155. The molecule has 1 rings (SSSR count). The fraction of sp³-hybridized carbons (Fsp3) is 0.250. The zero-order chi connectivity index (χ0) is 10.6. The van der Waals surface area contributed by atoms with Crippen LogP contribution in [0, 0.1) is 0 Å². The third-order valence-electron chi connectivity index (χ3n) is 1.45. The Morgan fingerprint density at radius 1 is 1.64 bits per heavy atom. The molecule has 0 fully saturated rings. The van der Waals surface area contributed by atoms with Gasteiger partial charge in [-0.15, -0.1) is 0 Å². The number of rotatable bonds is 3. The van der Waals surface area contributed by atoms with Crippen LogP contribution in [0.2, 0.25) is 0 Å². The highest BCUT2D eigenvalue weighted by Gasteiger charge is 2.10. The first-order chi connectivity index (χ1) is 6.63. The van der Waals surface area contributed by atoms with Crippen molar-refractivity contribution in [1.29, 1.82) is 0 Å². The maximum Gasteiger partial charge on any atom is 0.325 e. The molecule has 0 spiro atoms. The lowest BCUT2D eigenvalue weighted by atomic mass is 10.3. The molecule has 0 aliphatic carbocycles. The van der Waals surface area contributed by atoms with Gasteiger partial charge < -0.3 is 14.5 Å². The van der Waals surface area contributed by atoms with Crippen LogP contribution in [0.25, 0.3) is 0 Å². The van der Waals surface area contributed by atoms with E-state index in [0.717, 1.165) is 0 Å². The first-order valence-corrected chi connectivity index (χ1v) is 4.52. The van der Waals surface area contributed by atoms with E-state index in [1.165, 1.54) is 19.4 Å². The minimum absolute atomic E-state index is 0.155. The van der Waals surface area contributed by atoms with Crippen LogP contribution in [-0.2, 0) is 9.53 Å². The lowest BCUT2D eigenvalue weighted by Gasteiger charge is -2.00. The maximum absolute atomic E-state index is 11.3. The number of methoxy groups -OCH3 is 1. The first kappa shape index (κ1) is 10.8. The summed E-state index contributed by atoms with van der Waals surface area (Å²) in [5, 5.41) is 2.37. The van der Waals surface area contributed by atoms with Gasteiger partial charge in [0.05, 0.1) is 12.7 Å². The third kappa shape index (κ3) is 2.88. The summed E-state index contributed by atoms with van der Waals surface area (Å²) >= 11 is 3.06. The van der Waals surface area contributed by atoms with Gasteiger partial charge in [-0.3, -0.25) is 9.59 Å². The van der Waals surface area contributed by atoms with Crippen LogP contribution in [-0.4, -0.2) is 25.5 Å². The number of hydrogen-bond donors (Lipinski definition) is 1. The van der Waals surface area contributed by atoms with Gasteiger partial charge in [-0.05, 0) is 15.9 Å². The zero-order valence-electron chi connectivity index (χ0n) is 7.37. The molecule has 0 saturated carbocycles. The van der Waals surface area contributed by atoms with Gasteiger partial charge in [0.25, 0.3) is 5.91 Å². The topological polar surface area (TPSA) is 68.5 Å². The van der Waals surface area contributed by atoms with Gasteiger partial charge >= 0.3 is 5.97 Å². The predicted octanol–water partition coefficient (Wildman–Crippen LogP) is 0.945. The molecule has 0 bridgehead atoms. The second-order valence-corrected chi connectivity index (χ2v) is 3.18. The third-order valence-corrected chi connectivity index (χ3v) is 1.87. The van der Waals surface area contributed by atoms with Gasteiger partial charge in [-0.25, -0.2) is 0 Å². The predicted molar refractivity (Wildman–Crippen MR) is 50.8 cm³/mol. The Hall–Kier alpha value is -1.30. The molecule has 1 heterocycles. The molecule has 0 aliphatic rings. The van der Waals surface area contributed by atoms with Gasteiger partial charge in [-0.2, -0.15) is 0 Å². The van der Waals surface area contributed by atoms with Crippen molar-refractivity contribution >= 4 is 27.8 Å². The number of ether oxygens (including phenoxy) is 1. The summed E-state index contributed by atoms with van der Waals surface area (Å²) in [7, 11) is 1.25. The number of nitrogens with one attached hydrogen (secondary N) is 1. The van der Waals surface area contributed by atoms with Crippen LogP contribution in [0.5, 0.6) is 0 Å². The Balaban J connectivity index is 2.47. The number of halogens is 1. The molecular weight excluding hydrogens is 254 g/mol. The fourth-order valence-corrected chi connectivity index (χ4v) is 1.10. The van der Waals surface area contributed by atoms with E-state index in [9.17, 15) is 9.59 Å². The van der Waals surface area contributed by atoms with Gasteiger partial charge in [0.15, 0.2) is 4.67 Å². The molecule has 0 atom stereocenters. The molecule has 1 aromatic heterocycles. The molecule has 0 aromatic carbocycles. The number of carbonyl (C=O) groups is 2. The minimum atomic E-state index is -0.499. The Morgan fingerprint density at radius 3 is 2.86 bits per heavy atom. The molecule has 0 saturated heterocycles. The molecule has 0 radical (unpaired) electrons. The Morgan fingerprint density at radius 2 is 2.36 bits per heavy atom. The van der Waals surface area contributed by atoms with Crippen LogP contribution in [0.15, 0.2) is 21.4 Å². The minimum Gasteiger partial charge on any atom is -0.468 e. The molecular formula is C8H8BrNO4. The smallest absolute Gasteiger partial charge is 0.325 e. The average Bonchev–Trinajstić information content (AvgIpc) is 2.60. The highest BCUT2D eigenvalue weighted by atomic mass is 79.9. The van der Waals surface area contributed by atoms with Crippen LogP contribution in [0.1, 0.15) is 10.4 Å².